The number of halogens is 3. The van der Waals surface area contributed by atoms with E-state index in [0.29, 0.717) is 29.7 Å². The molecule has 1 aromatic carbocycles. The van der Waals surface area contributed by atoms with E-state index in [1.165, 1.54) is 6.07 Å². The van der Waals surface area contributed by atoms with Crippen LogP contribution in [-0.2, 0) is 6.18 Å². The maximum absolute atomic E-state index is 13.3. The van der Waals surface area contributed by atoms with Gasteiger partial charge in [0.2, 0.25) is 0 Å². The topological polar surface area (TPSA) is 67.6 Å². The van der Waals surface area contributed by atoms with Crippen LogP contribution in [0.5, 0.6) is 5.75 Å². The van der Waals surface area contributed by atoms with Crippen LogP contribution in [0.2, 0.25) is 0 Å². The molecule has 0 saturated heterocycles. The van der Waals surface area contributed by atoms with Gasteiger partial charge in [0, 0.05) is 7.05 Å². The van der Waals surface area contributed by atoms with Crippen LogP contribution in [0.25, 0.3) is 5.69 Å². The van der Waals surface area contributed by atoms with Gasteiger partial charge in [0.1, 0.15) is 17.9 Å². The molecule has 9 heteroatoms. The Morgan fingerprint density at radius 1 is 1.35 bits per heavy atom. The molecule has 0 amide bonds. The third-order valence-corrected chi connectivity index (χ3v) is 3.55. The number of hydrogen-bond donors (Lipinski definition) is 1. The Morgan fingerprint density at radius 2 is 2.04 bits per heavy atom. The van der Waals surface area contributed by atoms with E-state index in [1.54, 1.807) is 19.2 Å². The molecule has 0 unspecified atom stereocenters. The molecule has 0 spiro atoms. The number of carboxylic acid groups (broad SMARTS) is 1. The summed E-state index contributed by atoms with van der Waals surface area (Å²) in [5.41, 5.74) is -1.57. The summed E-state index contributed by atoms with van der Waals surface area (Å²) in [6.07, 6.45) is -4.18. The molecular weight excluding hydrogens is 315 g/mol. The molecule has 1 aromatic heterocycles. The first kappa shape index (κ1) is 15.2. The lowest BCUT2D eigenvalue weighted by Gasteiger charge is -2.29. The fourth-order valence-corrected chi connectivity index (χ4v) is 2.49. The summed E-state index contributed by atoms with van der Waals surface area (Å²) in [6, 6.07) is 4.69. The average molecular weight is 327 g/mol. The number of aromatic nitrogens is 2. The van der Waals surface area contributed by atoms with Gasteiger partial charge in [-0.1, -0.05) is 6.07 Å². The van der Waals surface area contributed by atoms with Crippen LogP contribution >= 0.6 is 0 Å². The molecule has 2 aromatic rings. The summed E-state index contributed by atoms with van der Waals surface area (Å²) in [5.74, 6) is -1.45. The van der Waals surface area contributed by atoms with Gasteiger partial charge in [0.25, 0.3) is 0 Å². The standard InChI is InChI=1S/C14H12F3N3O3/c1-19-5-6-23-11-9(19)3-2-4-10(11)20-12(14(15,16)17)8(7-18-20)13(21)22/h2-4,7H,5-6H2,1H3,(H,21,22). The third kappa shape index (κ3) is 2.47. The van der Waals surface area contributed by atoms with Gasteiger partial charge >= 0.3 is 12.1 Å². The highest BCUT2D eigenvalue weighted by atomic mass is 19.4. The van der Waals surface area contributed by atoms with Crippen molar-refractivity contribution in [3.05, 3.63) is 35.7 Å². The number of carbonyl (C=O) groups is 1. The van der Waals surface area contributed by atoms with Crippen molar-refractivity contribution in [1.82, 2.24) is 9.78 Å². The van der Waals surface area contributed by atoms with Crippen molar-refractivity contribution in [2.45, 2.75) is 6.18 Å². The Kier molecular flexibility index (Phi) is 3.42. The summed E-state index contributed by atoms with van der Waals surface area (Å²) in [4.78, 5) is 12.9. The van der Waals surface area contributed by atoms with Crippen LogP contribution < -0.4 is 9.64 Å². The van der Waals surface area contributed by atoms with E-state index in [1.807, 2.05) is 4.90 Å². The Labute approximate surface area is 128 Å². The van der Waals surface area contributed by atoms with E-state index in [9.17, 15) is 18.0 Å². The number of nitrogens with zero attached hydrogens (tertiary/aromatic N) is 3. The van der Waals surface area contributed by atoms with Crippen molar-refractivity contribution in [3.8, 4) is 11.4 Å². The minimum atomic E-state index is -4.87. The van der Waals surface area contributed by atoms with Crippen LogP contribution in [0.4, 0.5) is 18.9 Å². The lowest BCUT2D eigenvalue weighted by molar-refractivity contribution is -0.143. The second-order valence-electron chi connectivity index (χ2n) is 5.02. The fraction of sp³-hybridized carbons (Fsp3) is 0.286. The number of anilines is 1. The molecule has 0 atom stereocenters. The molecular formula is C14H12F3N3O3. The Bertz CT molecular complexity index is 770. The number of hydrogen-bond acceptors (Lipinski definition) is 4. The second-order valence-corrected chi connectivity index (χ2v) is 5.02. The molecule has 1 aliphatic heterocycles. The molecule has 23 heavy (non-hydrogen) atoms. The van der Waals surface area contributed by atoms with Gasteiger partial charge in [-0.3, -0.25) is 0 Å². The first-order chi connectivity index (χ1) is 10.8. The Morgan fingerprint density at radius 3 is 2.70 bits per heavy atom. The van der Waals surface area contributed by atoms with Gasteiger partial charge in [-0.2, -0.15) is 18.3 Å². The highest BCUT2D eigenvalue weighted by Gasteiger charge is 2.41. The van der Waals surface area contributed by atoms with Gasteiger partial charge < -0.3 is 14.7 Å². The van der Waals surface area contributed by atoms with Crippen molar-refractivity contribution in [1.29, 1.82) is 0 Å². The molecule has 122 valence electrons. The van der Waals surface area contributed by atoms with Gasteiger partial charge in [-0.15, -0.1) is 0 Å². The molecule has 0 saturated carbocycles. The quantitative estimate of drug-likeness (QED) is 0.917. The molecule has 6 nitrogen and oxygen atoms in total. The highest BCUT2D eigenvalue weighted by molar-refractivity contribution is 5.89. The number of benzene rings is 1. The Balaban J connectivity index is 2.25. The van der Waals surface area contributed by atoms with Crippen LogP contribution in [0.3, 0.4) is 0 Å². The lowest BCUT2D eigenvalue weighted by Crippen LogP contribution is -2.29. The minimum absolute atomic E-state index is 0.0499. The number of aromatic carboxylic acids is 1. The first-order valence-corrected chi connectivity index (χ1v) is 6.66. The number of ether oxygens (including phenoxy) is 1. The van der Waals surface area contributed by atoms with Crippen molar-refractivity contribution in [2.24, 2.45) is 0 Å². The lowest BCUT2D eigenvalue weighted by atomic mass is 10.2. The number of fused-ring (bicyclic) bond motifs is 1. The van der Waals surface area contributed by atoms with Crippen LogP contribution in [0.15, 0.2) is 24.4 Å². The molecule has 0 aliphatic carbocycles. The second kappa shape index (κ2) is 5.18. The number of alkyl halides is 3. The molecule has 0 radical (unpaired) electrons. The van der Waals surface area contributed by atoms with Crippen molar-refractivity contribution in [2.75, 3.05) is 25.1 Å². The number of rotatable bonds is 2. The van der Waals surface area contributed by atoms with Gasteiger partial charge in [-0.25, -0.2) is 9.48 Å². The zero-order valence-electron chi connectivity index (χ0n) is 12.0. The summed E-state index contributed by atoms with van der Waals surface area (Å²) in [5, 5.41) is 12.6. The zero-order valence-corrected chi connectivity index (χ0v) is 12.0. The molecule has 0 fully saturated rings. The summed E-state index contributed by atoms with van der Waals surface area (Å²) >= 11 is 0. The molecule has 3 rings (SSSR count). The highest BCUT2D eigenvalue weighted by Crippen LogP contribution is 2.40. The maximum atomic E-state index is 13.3. The maximum Gasteiger partial charge on any atom is 0.434 e. The average Bonchev–Trinajstić information content (AvgIpc) is 2.92. The smallest absolute Gasteiger partial charge is 0.434 e. The summed E-state index contributed by atoms with van der Waals surface area (Å²) < 4.78 is 46.0. The van der Waals surface area contributed by atoms with E-state index >= 15 is 0 Å². The van der Waals surface area contributed by atoms with Crippen LogP contribution in [0.1, 0.15) is 16.1 Å². The van der Waals surface area contributed by atoms with E-state index in [-0.39, 0.29) is 11.4 Å². The van der Waals surface area contributed by atoms with Crippen molar-refractivity contribution < 1.29 is 27.8 Å². The minimum Gasteiger partial charge on any atom is -0.487 e. The predicted molar refractivity (Wildman–Crippen MR) is 74.3 cm³/mol. The Hall–Kier alpha value is -2.71. The van der Waals surface area contributed by atoms with E-state index in [2.05, 4.69) is 5.10 Å². The number of likely N-dealkylation sites (N-methyl/N-ethyl adjacent to an activating group) is 1. The molecule has 2 heterocycles. The summed E-state index contributed by atoms with van der Waals surface area (Å²) in [7, 11) is 1.79. The predicted octanol–water partition coefficient (Wildman–Crippen LogP) is 2.42. The number of para-hydroxylation sites is 1. The van der Waals surface area contributed by atoms with E-state index < -0.39 is 23.4 Å². The van der Waals surface area contributed by atoms with Crippen LogP contribution in [0, 0.1) is 0 Å². The third-order valence-electron chi connectivity index (χ3n) is 3.55. The zero-order chi connectivity index (χ0) is 16.8. The fourth-order valence-electron chi connectivity index (χ4n) is 2.49. The molecule has 0 bridgehead atoms. The largest absolute Gasteiger partial charge is 0.487 e. The van der Waals surface area contributed by atoms with Gasteiger partial charge in [0.15, 0.2) is 11.4 Å². The van der Waals surface area contributed by atoms with Crippen molar-refractivity contribution >= 4 is 11.7 Å². The van der Waals surface area contributed by atoms with E-state index in [4.69, 9.17) is 9.84 Å². The van der Waals surface area contributed by atoms with Gasteiger partial charge in [0.05, 0.1) is 18.4 Å². The van der Waals surface area contributed by atoms with Crippen molar-refractivity contribution in [3.63, 3.8) is 0 Å². The molecule has 1 N–H and O–H groups in total. The monoisotopic (exact) mass is 327 g/mol. The SMILES string of the molecule is CN1CCOc2c1cccc2-n1ncc(C(=O)O)c1C(F)(F)F. The van der Waals surface area contributed by atoms with Crippen LogP contribution in [-0.4, -0.2) is 41.1 Å². The number of carboxylic acids is 1. The summed E-state index contributed by atoms with van der Waals surface area (Å²) in [6.45, 7) is 0.914. The molecule has 1 aliphatic rings. The normalized spacial score (nSPS) is 14.3. The first-order valence-electron chi connectivity index (χ1n) is 6.66. The van der Waals surface area contributed by atoms with Gasteiger partial charge in [-0.05, 0) is 12.1 Å². The van der Waals surface area contributed by atoms with E-state index in [0.717, 1.165) is 0 Å².